The van der Waals surface area contributed by atoms with E-state index in [1.165, 1.54) is 12.1 Å². The van der Waals surface area contributed by atoms with Crippen LogP contribution in [0.5, 0.6) is 0 Å². The summed E-state index contributed by atoms with van der Waals surface area (Å²) in [5, 5.41) is 3.69. The van der Waals surface area contributed by atoms with Gasteiger partial charge in [-0.1, -0.05) is 24.6 Å². The zero-order valence-corrected chi connectivity index (χ0v) is 14.6. The van der Waals surface area contributed by atoms with Crippen LogP contribution in [0.4, 0.5) is 8.78 Å². The van der Waals surface area contributed by atoms with Crippen LogP contribution >= 0.6 is 34.2 Å². The topological polar surface area (TPSA) is 12.0 Å². The highest BCUT2D eigenvalue weighted by molar-refractivity contribution is 14.1. The fourth-order valence-electron chi connectivity index (χ4n) is 2.25. The molecule has 0 bridgehead atoms. The molecule has 0 aromatic heterocycles. The molecule has 0 heterocycles. The van der Waals surface area contributed by atoms with Crippen LogP contribution in [-0.2, 0) is 0 Å². The van der Waals surface area contributed by atoms with E-state index in [9.17, 15) is 8.78 Å². The largest absolute Gasteiger partial charge is 0.306 e. The maximum absolute atomic E-state index is 14.4. The molecule has 112 valence electrons. The molecule has 0 saturated heterocycles. The molecule has 1 N–H and O–H groups in total. The van der Waals surface area contributed by atoms with Gasteiger partial charge in [0.05, 0.1) is 6.04 Å². The molecule has 0 aliphatic heterocycles. The van der Waals surface area contributed by atoms with Crippen LogP contribution in [-0.4, -0.2) is 6.54 Å². The summed E-state index contributed by atoms with van der Waals surface area (Å²) in [5.41, 5.74) is 1.23. The predicted molar refractivity (Wildman–Crippen MR) is 90.8 cm³/mol. The Morgan fingerprint density at radius 2 is 1.95 bits per heavy atom. The summed E-state index contributed by atoms with van der Waals surface area (Å²) in [6.45, 7) is 4.11. The van der Waals surface area contributed by atoms with E-state index in [2.05, 4.69) is 27.9 Å². The van der Waals surface area contributed by atoms with Crippen molar-refractivity contribution in [3.63, 3.8) is 0 Å². The van der Waals surface area contributed by atoms with Crippen molar-refractivity contribution >= 4 is 34.2 Å². The zero-order chi connectivity index (χ0) is 15.6. The summed E-state index contributed by atoms with van der Waals surface area (Å²) in [6, 6.07) is 7.53. The molecular formula is C16H15ClF2IN. The second kappa shape index (κ2) is 7.03. The fourth-order valence-corrected chi connectivity index (χ4v) is 3.08. The Labute approximate surface area is 141 Å². The lowest BCUT2D eigenvalue weighted by atomic mass is 9.96. The number of halogens is 4. The molecule has 0 saturated carbocycles. The minimum atomic E-state index is -0.569. The van der Waals surface area contributed by atoms with E-state index in [-0.39, 0.29) is 5.56 Å². The van der Waals surface area contributed by atoms with Gasteiger partial charge in [-0.3, -0.25) is 0 Å². The Hall–Kier alpha value is -0.720. The smallest absolute Gasteiger partial charge is 0.134 e. The molecule has 2 aromatic carbocycles. The third kappa shape index (κ3) is 3.55. The molecule has 2 rings (SSSR count). The molecule has 21 heavy (non-hydrogen) atoms. The van der Waals surface area contributed by atoms with E-state index in [0.717, 1.165) is 9.13 Å². The number of benzene rings is 2. The van der Waals surface area contributed by atoms with Crippen molar-refractivity contribution in [3.8, 4) is 0 Å². The Balaban J connectivity index is 2.64. The van der Waals surface area contributed by atoms with E-state index in [1.54, 1.807) is 19.1 Å². The Morgan fingerprint density at radius 1 is 1.24 bits per heavy atom. The van der Waals surface area contributed by atoms with Crippen LogP contribution < -0.4 is 5.32 Å². The lowest BCUT2D eigenvalue weighted by Gasteiger charge is -2.22. The number of aryl methyl sites for hydroxylation is 1. The van der Waals surface area contributed by atoms with Gasteiger partial charge >= 0.3 is 0 Å². The quantitative estimate of drug-likeness (QED) is 0.667. The second-order valence-electron chi connectivity index (χ2n) is 4.75. The Bertz CT molecular complexity index is 661. The summed E-state index contributed by atoms with van der Waals surface area (Å²) in [6.07, 6.45) is 0. The van der Waals surface area contributed by atoms with Gasteiger partial charge in [-0.25, -0.2) is 8.78 Å². The minimum absolute atomic E-state index is 0.0389. The standard InChI is InChI=1S/C16H15ClF2IN/c1-3-21-16(11-8-10(17)5-7-13(11)20)14-12(18)6-4-9(2)15(14)19/h4-8,16,21H,3H2,1-2H3. The van der Waals surface area contributed by atoms with E-state index >= 15 is 0 Å². The normalized spacial score (nSPS) is 12.5. The predicted octanol–water partition coefficient (Wildman–Crippen LogP) is 5.23. The van der Waals surface area contributed by atoms with Gasteiger partial charge in [-0.05, 0) is 71.5 Å². The average molecular weight is 422 g/mol. The number of hydrogen-bond donors (Lipinski definition) is 1. The van der Waals surface area contributed by atoms with Gasteiger partial charge < -0.3 is 5.32 Å². The maximum Gasteiger partial charge on any atom is 0.134 e. The highest BCUT2D eigenvalue weighted by Crippen LogP contribution is 2.32. The molecule has 1 unspecified atom stereocenters. The van der Waals surface area contributed by atoms with Crippen molar-refractivity contribution in [1.29, 1.82) is 0 Å². The van der Waals surface area contributed by atoms with Gasteiger partial charge in [0.15, 0.2) is 0 Å². The third-order valence-electron chi connectivity index (χ3n) is 3.29. The van der Waals surface area contributed by atoms with Gasteiger partial charge in [0, 0.05) is 14.2 Å². The third-order valence-corrected chi connectivity index (χ3v) is 4.50. The van der Waals surface area contributed by atoms with Crippen LogP contribution in [0.25, 0.3) is 0 Å². The highest BCUT2D eigenvalue weighted by Gasteiger charge is 2.24. The molecule has 0 radical (unpaired) electrons. The summed E-state index contributed by atoms with van der Waals surface area (Å²) < 4.78 is 29.6. The number of nitrogens with one attached hydrogen (secondary N) is 1. The first-order chi connectivity index (χ1) is 9.95. The molecule has 0 aliphatic carbocycles. The van der Waals surface area contributed by atoms with Crippen LogP contribution in [0, 0.1) is 22.1 Å². The molecule has 0 fully saturated rings. The monoisotopic (exact) mass is 421 g/mol. The van der Waals surface area contributed by atoms with Crippen molar-refractivity contribution < 1.29 is 8.78 Å². The Morgan fingerprint density at radius 3 is 2.62 bits per heavy atom. The lowest BCUT2D eigenvalue weighted by Crippen LogP contribution is -2.25. The van der Waals surface area contributed by atoms with E-state index in [4.69, 9.17) is 11.6 Å². The summed E-state index contributed by atoms with van der Waals surface area (Å²) in [5.74, 6) is -1.07. The molecular weight excluding hydrogens is 407 g/mol. The average Bonchev–Trinajstić information content (AvgIpc) is 2.45. The van der Waals surface area contributed by atoms with Crippen molar-refractivity contribution in [2.45, 2.75) is 19.9 Å². The molecule has 1 nitrogen and oxygen atoms in total. The van der Waals surface area contributed by atoms with Crippen molar-refractivity contribution in [2.24, 2.45) is 0 Å². The van der Waals surface area contributed by atoms with Crippen LogP contribution in [0.15, 0.2) is 30.3 Å². The molecule has 0 spiro atoms. The van der Waals surface area contributed by atoms with Crippen molar-refractivity contribution in [3.05, 3.63) is 67.2 Å². The van der Waals surface area contributed by atoms with Gasteiger partial charge in [0.2, 0.25) is 0 Å². The van der Waals surface area contributed by atoms with E-state index < -0.39 is 17.7 Å². The number of rotatable bonds is 4. The summed E-state index contributed by atoms with van der Waals surface area (Å²) in [4.78, 5) is 0. The second-order valence-corrected chi connectivity index (χ2v) is 6.35. The molecule has 1 atom stereocenters. The first-order valence-corrected chi connectivity index (χ1v) is 8.04. The van der Waals surface area contributed by atoms with Crippen LogP contribution in [0.1, 0.15) is 29.7 Å². The molecule has 0 amide bonds. The van der Waals surface area contributed by atoms with E-state index in [1.807, 2.05) is 13.0 Å². The SMILES string of the molecule is CCNC(c1cc(Cl)ccc1I)c1c(F)ccc(C)c1F. The van der Waals surface area contributed by atoms with E-state index in [0.29, 0.717) is 17.1 Å². The van der Waals surface area contributed by atoms with Gasteiger partial charge in [-0.15, -0.1) is 0 Å². The number of hydrogen-bond acceptors (Lipinski definition) is 1. The van der Waals surface area contributed by atoms with Crippen LogP contribution in [0.2, 0.25) is 5.02 Å². The lowest BCUT2D eigenvalue weighted by molar-refractivity contribution is 0.505. The van der Waals surface area contributed by atoms with Crippen molar-refractivity contribution in [2.75, 3.05) is 6.54 Å². The Kier molecular flexibility index (Phi) is 5.57. The van der Waals surface area contributed by atoms with Gasteiger partial charge in [-0.2, -0.15) is 0 Å². The first kappa shape index (κ1) is 16.6. The minimum Gasteiger partial charge on any atom is -0.306 e. The van der Waals surface area contributed by atoms with Crippen LogP contribution in [0.3, 0.4) is 0 Å². The first-order valence-electron chi connectivity index (χ1n) is 6.58. The van der Waals surface area contributed by atoms with Crippen molar-refractivity contribution in [1.82, 2.24) is 5.32 Å². The van der Waals surface area contributed by atoms with Gasteiger partial charge in [0.25, 0.3) is 0 Å². The molecule has 0 aliphatic rings. The molecule has 5 heteroatoms. The molecule has 2 aromatic rings. The zero-order valence-electron chi connectivity index (χ0n) is 11.7. The fraction of sp³-hybridized carbons (Fsp3) is 0.250. The van der Waals surface area contributed by atoms with Gasteiger partial charge in [0.1, 0.15) is 11.6 Å². The maximum atomic E-state index is 14.4. The summed E-state index contributed by atoms with van der Waals surface area (Å²) in [7, 11) is 0. The highest BCUT2D eigenvalue weighted by atomic mass is 127. The summed E-state index contributed by atoms with van der Waals surface area (Å²) >= 11 is 8.19.